The summed E-state index contributed by atoms with van der Waals surface area (Å²) in [5, 5.41) is 14.6. The fraction of sp³-hybridized carbons (Fsp3) is 0.625. The predicted molar refractivity (Wildman–Crippen MR) is 90.0 cm³/mol. The molecular weight excluding hydrogens is 308 g/mol. The van der Waals surface area contributed by atoms with Gasteiger partial charge in [-0.15, -0.1) is 10.2 Å². The van der Waals surface area contributed by atoms with Gasteiger partial charge < -0.3 is 4.57 Å². The standard InChI is InChI=1S/C16H22N6S/c1-10(2)13-17-8-9-21(13)11(3)15-20-22-14(12-6-4-5-7-12)18-19-16(22)23-15/h8-12H,4-7H2,1-3H3/t11-/m1/s1. The lowest BCUT2D eigenvalue weighted by Gasteiger charge is -2.15. The Morgan fingerprint density at radius 1 is 1.17 bits per heavy atom. The van der Waals surface area contributed by atoms with Crippen LogP contribution in [0.15, 0.2) is 12.4 Å². The molecule has 3 aromatic rings. The van der Waals surface area contributed by atoms with Crippen LogP contribution in [-0.2, 0) is 0 Å². The fourth-order valence-electron chi connectivity index (χ4n) is 3.47. The Hall–Kier alpha value is -1.76. The van der Waals surface area contributed by atoms with Crippen molar-refractivity contribution < 1.29 is 0 Å². The Bertz CT molecular complexity index is 808. The second-order valence-corrected chi connectivity index (χ2v) is 7.69. The van der Waals surface area contributed by atoms with Crippen molar-refractivity contribution >= 4 is 16.3 Å². The van der Waals surface area contributed by atoms with Crippen LogP contribution in [0.1, 0.15) is 81.0 Å². The summed E-state index contributed by atoms with van der Waals surface area (Å²) in [5.41, 5.74) is 0. The van der Waals surface area contributed by atoms with Crippen LogP contribution < -0.4 is 0 Å². The molecule has 1 aliphatic rings. The highest BCUT2D eigenvalue weighted by Crippen LogP contribution is 2.34. The monoisotopic (exact) mass is 330 g/mol. The molecule has 3 aromatic heterocycles. The highest BCUT2D eigenvalue weighted by atomic mass is 32.1. The second-order valence-electron chi connectivity index (χ2n) is 6.70. The molecule has 0 saturated heterocycles. The average molecular weight is 330 g/mol. The summed E-state index contributed by atoms with van der Waals surface area (Å²) in [7, 11) is 0. The Morgan fingerprint density at radius 3 is 2.70 bits per heavy atom. The van der Waals surface area contributed by atoms with Gasteiger partial charge in [0.05, 0.1) is 6.04 Å². The van der Waals surface area contributed by atoms with Crippen molar-refractivity contribution in [2.75, 3.05) is 0 Å². The van der Waals surface area contributed by atoms with Crippen LogP contribution in [0.2, 0.25) is 0 Å². The van der Waals surface area contributed by atoms with Gasteiger partial charge in [0.15, 0.2) is 5.82 Å². The molecule has 0 N–H and O–H groups in total. The molecule has 3 heterocycles. The zero-order valence-corrected chi connectivity index (χ0v) is 14.6. The lowest BCUT2D eigenvalue weighted by molar-refractivity contribution is 0.563. The molecule has 1 aliphatic carbocycles. The maximum atomic E-state index is 4.84. The molecule has 0 aromatic carbocycles. The van der Waals surface area contributed by atoms with E-state index in [1.165, 1.54) is 25.7 Å². The van der Waals surface area contributed by atoms with E-state index in [2.05, 4.69) is 40.5 Å². The lowest BCUT2D eigenvalue weighted by Crippen LogP contribution is -2.11. The van der Waals surface area contributed by atoms with Crippen LogP contribution in [0.5, 0.6) is 0 Å². The van der Waals surface area contributed by atoms with Gasteiger partial charge in [-0.25, -0.2) is 4.98 Å². The van der Waals surface area contributed by atoms with Crippen LogP contribution in [0, 0.1) is 0 Å². The maximum absolute atomic E-state index is 4.84. The summed E-state index contributed by atoms with van der Waals surface area (Å²) in [4.78, 5) is 5.39. The molecule has 0 bridgehead atoms. The summed E-state index contributed by atoms with van der Waals surface area (Å²) < 4.78 is 4.18. The molecule has 0 aliphatic heterocycles. The van der Waals surface area contributed by atoms with Gasteiger partial charge in [-0.1, -0.05) is 38.0 Å². The van der Waals surface area contributed by atoms with Crippen LogP contribution in [-0.4, -0.2) is 29.4 Å². The third-order valence-corrected chi connectivity index (χ3v) is 5.81. The third kappa shape index (κ3) is 2.47. The van der Waals surface area contributed by atoms with E-state index in [0.29, 0.717) is 11.8 Å². The molecule has 6 nitrogen and oxygen atoms in total. The molecule has 1 fully saturated rings. The minimum absolute atomic E-state index is 0.165. The van der Waals surface area contributed by atoms with Crippen LogP contribution in [0.25, 0.3) is 4.96 Å². The Labute approximate surface area is 139 Å². The number of aromatic nitrogens is 6. The zero-order valence-electron chi connectivity index (χ0n) is 13.8. The van der Waals surface area contributed by atoms with Crippen molar-refractivity contribution in [3.8, 4) is 0 Å². The first-order valence-corrected chi connectivity index (χ1v) is 9.21. The second kappa shape index (κ2) is 5.70. The summed E-state index contributed by atoms with van der Waals surface area (Å²) in [6.07, 6.45) is 8.92. The van der Waals surface area contributed by atoms with E-state index in [9.17, 15) is 0 Å². The van der Waals surface area contributed by atoms with E-state index < -0.39 is 0 Å². The SMILES string of the molecule is CC(C)c1nccn1[C@H](C)c1nn2c(C3CCCC3)nnc2s1. The van der Waals surface area contributed by atoms with Gasteiger partial charge in [-0.2, -0.15) is 9.61 Å². The summed E-state index contributed by atoms with van der Waals surface area (Å²) >= 11 is 1.63. The summed E-state index contributed by atoms with van der Waals surface area (Å²) in [5.74, 6) is 3.06. The highest BCUT2D eigenvalue weighted by Gasteiger charge is 2.25. The zero-order chi connectivity index (χ0) is 16.0. The molecule has 0 amide bonds. The van der Waals surface area contributed by atoms with E-state index in [-0.39, 0.29) is 6.04 Å². The lowest BCUT2D eigenvalue weighted by atomic mass is 10.1. The molecule has 122 valence electrons. The number of nitrogens with zero attached hydrogens (tertiary/aromatic N) is 6. The summed E-state index contributed by atoms with van der Waals surface area (Å²) in [6.45, 7) is 6.51. The van der Waals surface area contributed by atoms with Crippen LogP contribution in [0.3, 0.4) is 0 Å². The van der Waals surface area contributed by atoms with E-state index in [1.54, 1.807) is 11.3 Å². The quantitative estimate of drug-likeness (QED) is 0.730. The molecule has 0 spiro atoms. The van der Waals surface area contributed by atoms with E-state index in [4.69, 9.17) is 5.10 Å². The average Bonchev–Trinajstić information content (AvgIpc) is 3.27. The van der Waals surface area contributed by atoms with E-state index in [1.807, 2.05) is 16.9 Å². The molecule has 1 atom stereocenters. The first-order chi connectivity index (χ1) is 11.1. The topological polar surface area (TPSA) is 60.9 Å². The molecule has 23 heavy (non-hydrogen) atoms. The predicted octanol–water partition coefficient (Wildman–Crippen LogP) is 3.77. The van der Waals surface area contributed by atoms with Crippen LogP contribution >= 0.6 is 11.3 Å². The van der Waals surface area contributed by atoms with Crippen molar-refractivity contribution in [3.05, 3.63) is 29.1 Å². The van der Waals surface area contributed by atoms with Crippen molar-refractivity contribution in [1.29, 1.82) is 0 Å². The van der Waals surface area contributed by atoms with Crippen molar-refractivity contribution in [1.82, 2.24) is 29.4 Å². The molecule has 0 unspecified atom stereocenters. The van der Waals surface area contributed by atoms with Gasteiger partial charge in [0.25, 0.3) is 0 Å². The van der Waals surface area contributed by atoms with Gasteiger partial charge >= 0.3 is 0 Å². The summed E-state index contributed by atoms with van der Waals surface area (Å²) in [6, 6.07) is 0.165. The Kier molecular flexibility index (Phi) is 3.67. The number of hydrogen-bond acceptors (Lipinski definition) is 5. The van der Waals surface area contributed by atoms with Gasteiger partial charge in [0.1, 0.15) is 10.8 Å². The largest absolute Gasteiger partial charge is 0.325 e. The highest BCUT2D eigenvalue weighted by molar-refractivity contribution is 7.16. The van der Waals surface area contributed by atoms with Gasteiger partial charge in [-0.05, 0) is 19.8 Å². The molecular formula is C16H22N6S. The van der Waals surface area contributed by atoms with Gasteiger partial charge in [0.2, 0.25) is 4.96 Å². The van der Waals surface area contributed by atoms with Crippen molar-refractivity contribution in [2.24, 2.45) is 0 Å². The molecule has 4 rings (SSSR count). The minimum atomic E-state index is 0.165. The van der Waals surface area contributed by atoms with E-state index in [0.717, 1.165) is 21.6 Å². The van der Waals surface area contributed by atoms with Gasteiger partial charge in [-0.3, -0.25) is 0 Å². The molecule has 7 heteroatoms. The molecule has 0 radical (unpaired) electrons. The third-order valence-electron chi connectivity index (χ3n) is 4.74. The minimum Gasteiger partial charge on any atom is -0.325 e. The van der Waals surface area contributed by atoms with Crippen molar-refractivity contribution in [2.45, 2.75) is 64.3 Å². The number of rotatable bonds is 4. The normalized spacial score (nSPS) is 17.6. The van der Waals surface area contributed by atoms with E-state index >= 15 is 0 Å². The Balaban J connectivity index is 1.70. The van der Waals surface area contributed by atoms with Gasteiger partial charge in [0, 0.05) is 24.2 Å². The Morgan fingerprint density at radius 2 is 1.96 bits per heavy atom. The first kappa shape index (κ1) is 14.8. The number of hydrogen-bond donors (Lipinski definition) is 0. The molecule has 1 saturated carbocycles. The van der Waals surface area contributed by atoms with Crippen LogP contribution in [0.4, 0.5) is 0 Å². The number of fused-ring (bicyclic) bond motifs is 1. The number of imidazole rings is 1. The maximum Gasteiger partial charge on any atom is 0.234 e. The first-order valence-electron chi connectivity index (χ1n) is 8.40. The fourth-order valence-corrected chi connectivity index (χ4v) is 4.37. The van der Waals surface area contributed by atoms with Crippen molar-refractivity contribution in [3.63, 3.8) is 0 Å². The smallest absolute Gasteiger partial charge is 0.234 e.